The Morgan fingerprint density at radius 2 is 1.96 bits per heavy atom. The van der Waals surface area contributed by atoms with E-state index in [0.29, 0.717) is 12.6 Å². The third-order valence-corrected chi connectivity index (χ3v) is 4.72. The lowest BCUT2D eigenvalue weighted by Crippen LogP contribution is -2.39. The summed E-state index contributed by atoms with van der Waals surface area (Å²) in [5, 5.41) is 7.49. The Labute approximate surface area is 163 Å². The number of hydrogen-bond acceptors (Lipinski definition) is 4. The molecule has 1 heterocycles. The molecule has 1 N–H and O–H groups in total. The molecule has 2 aromatic rings. The zero-order valence-corrected chi connectivity index (χ0v) is 17.3. The molecular weight excluding hydrogens is 338 g/mol. The predicted molar refractivity (Wildman–Crippen MR) is 110 cm³/mol. The third-order valence-electron chi connectivity index (χ3n) is 4.72. The van der Waals surface area contributed by atoms with Crippen molar-refractivity contribution in [3.63, 3.8) is 0 Å². The van der Waals surface area contributed by atoms with Crippen LogP contribution in [0.5, 0.6) is 0 Å². The van der Waals surface area contributed by atoms with Gasteiger partial charge in [-0.15, -0.1) is 0 Å². The van der Waals surface area contributed by atoms with Crippen molar-refractivity contribution in [2.75, 3.05) is 27.2 Å². The minimum atomic E-state index is 0.459. The van der Waals surface area contributed by atoms with Crippen LogP contribution in [-0.4, -0.2) is 63.8 Å². The van der Waals surface area contributed by atoms with Gasteiger partial charge in [-0.25, -0.2) is 4.98 Å². The lowest BCUT2D eigenvalue weighted by Gasteiger charge is -2.25. The summed E-state index contributed by atoms with van der Waals surface area (Å²) in [5.74, 6) is 1.82. The van der Waals surface area contributed by atoms with Gasteiger partial charge in [0.1, 0.15) is 12.2 Å². The van der Waals surface area contributed by atoms with Crippen molar-refractivity contribution in [1.82, 2.24) is 29.9 Å². The largest absolute Gasteiger partial charge is 0.357 e. The normalized spacial score (nSPS) is 13.0. The van der Waals surface area contributed by atoms with Crippen LogP contribution in [0, 0.1) is 0 Å². The van der Waals surface area contributed by atoms with Crippen molar-refractivity contribution < 1.29 is 0 Å². The first-order valence-corrected chi connectivity index (χ1v) is 9.57. The quantitative estimate of drug-likeness (QED) is 0.540. The number of aliphatic imine (C=N–C) groups is 1. The maximum atomic E-state index is 4.80. The van der Waals surface area contributed by atoms with Crippen LogP contribution < -0.4 is 5.32 Å². The fourth-order valence-corrected chi connectivity index (χ4v) is 2.82. The van der Waals surface area contributed by atoms with Gasteiger partial charge in [0.15, 0.2) is 5.96 Å². The highest BCUT2D eigenvalue weighted by Crippen LogP contribution is 2.08. The van der Waals surface area contributed by atoms with E-state index in [2.05, 4.69) is 76.4 Å². The summed E-state index contributed by atoms with van der Waals surface area (Å²) in [7, 11) is 6.11. The molecular formula is C20H33N7. The molecule has 0 amide bonds. The molecule has 7 heteroatoms. The number of guanidine groups is 1. The molecule has 0 spiro atoms. The second kappa shape index (κ2) is 10.7. The molecule has 27 heavy (non-hydrogen) atoms. The summed E-state index contributed by atoms with van der Waals surface area (Å²) in [6.07, 6.45) is 2.59. The Hall–Kier alpha value is -2.41. The molecule has 0 bridgehead atoms. The summed E-state index contributed by atoms with van der Waals surface area (Å²) in [4.78, 5) is 13.6. The predicted octanol–water partition coefficient (Wildman–Crippen LogP) is 2.12. The van der Waals surface area contributed by atoms with E-state index >= 15 is 0 Å². The van der Waals surface area contributed by atoms with E-state index in [-0.39, 0.29) is 0 Å². The van der Waals surface area contributed by atoms with E-state index in [1.807, 2.05) is 14.1 Å². The standard InChI is InChI=1S/C20H33N7/c1-6-21-20(26(4)15-19-23-16-24-27(19)5)22-13-12-17(2)25(3)14-18-10-8-7-9-11-18/h7-11,16-17H,6,12-15H2,1-5H3,(H,21,22). The molecule has 1 aromatic carbocycles. The van der Waals surface area contributed by atoms with Gasteiger partial charge in [-0.1, -0.05) is 30.3 Å². The summed E-state index contributed by atoms with van der Waals surface area (Å²) in [5.41, 5.74) is 1.34. The van der Waals surface area contributed by atoms with Crippen molar-refractivity contribution in [2.24, 2.45) is 12.0 Å². The van der Waals surface area contributed by atoms with Crippen molar-refractivity contribution >= 4 is 5.96 Å². The Kier molecular flexibility index (Phi) is 8.26. The lowest BCUT2D eigenvalue weighted by atomic mass is 10.1. The van der Waals surface area contributed by atoms with Crippen LogP contribution in [0.1, 0.15) is 31.7 Å². The van der Waals surface area contributed by atoms with E-state index in [1.165, 1.54) is 5.56 Å². The Morgan fingerprint density at radius 1 is 1.22 bits per heavy atom. The number of rotatable bonds is 9. The highest BCUT2D eigenvalue weighted by Gasteiger charge is 2.12. The maximum Gasteiger partial charge on any atom is 0.194 e. The molecule has 2 rings (SSSR count). The van der Waals surface area contributed by atoms with Crippen LogP contribution in [-0.2, 0) is 20.1 Å². The lowest BCUT2D eigenvalue weighted by molar-refractivity contribution is 0.240. The van der Waals surface area contributed by atoms with Gasteiger partial charge in [-0.3, -0.25) is 14.6 Å². The summed E-state index contributed by atoms with van der Waals surface area (Å²) in [6.45, 7) is 7.59. The molecule has 0 radical (unpaired) electrons. The molecule has 0 saturated carbocycles. The molecule has 0 saturated heterocycles. The zero-order valence-electron chi connectivity index (χ0n) is 17.3. The minimum absolute atomic E-state index is 0.459. The molecule has 148 valence electrons. The van der Waals surface area contributed by atoms with Crippen LogP contribution in [0.25, 0.3) is 0 Å². The first-order valence-electron chi connectivity index (χ1n) is 9.57. The number of nitrogens with zero attached hydrogens (tertiary/aromatic N) is 6. The van der Waals surface area contributed by atoms with Gasteiger partial charge in [0.25, 0.3) is 0 Å². The SMILES string of the molecule is CCNC(=NCCC(C)N(C)Cc1ccccc1)N(C)Cc1ncnn1C. The summed E-state index contributed by atoms with van der Waals surface area (Å²) < 4.78 is 1.79. The number of aromatic nitrogens is 3. The van der Waals surface area contributed by atoms with Gasteiger partial charge in [0.2, 0.25) is 0 Å². The molecule has 1 unspecified atom stereocenters. The monoisotopic (exact) mass is 371 g/mol. The molecule has 0 aliphatic rings. The first-order chi connectivity index (χ1) is 13.0. The summed E-state index contributed by atoms with van der Waals surface area (Å²) >= 11 is 0. The molecule has 1 aromatic heterocycles. The average molecular weight is 372 g/mol. The molecule has 0 aliphatic heterocycles. The maximum absolute atomic E-state index is 4.80. The third kappa shape index (κ3) is 6.67. The summed E-state index contributed by atoms with van der Waals surface area (Å²) in [6, 6.07) is 11.0. The Bertz CT molecular complexity index is 695. The van der Waals surface area contributed by atoms with Crippen molar-refractivity contribution in [1.29, 1.82) is 0 Å². The van der Waals surface area contributed by atoms with Crippen LogP contribution in [0.15, 0.2) is 41.7 Å². The van der Waals surface area contributed by atoms with Crippen molar-refractivity contribution in [2.45, 2.75) is 39.4 Å². The van der Waals surface area contributed by atoms with Crippen molar-refractivity contribution in [3.8, 4) is 0 Å². The molecule has 0 aliphatic carbocycles. The highest BCUT2D eigenvalue weighted by atomic mass is 15.4. The number of benzene rings is 1. The smallest absolute Gasteiger partial charge is 0.194 e. The fraction of sp³-hybridized carbons (Fsp3) is 0.550. The van der Waals surface area contributed by atoms with Crippen LogP contribution in [0.4, 0.5) is 0 Å². The van der Waals surface area contributed by atoms with Gasteiger partial charge in [0, 0.05) is 39.8 Å². The van der Waals surface area contributed by atoms with E-state index in [9.17, 15) is 0 Å². The van der Waals surface area contributed by atoms with Crippen molar-refractivity contribution in [3.05, 3.63) is 48.0 Å². The van der Waals surface area contributed by atoms with E-state index in [1.54, 1.807) is 11.0 Å². The topological polar surface area (TPSA) is 61.6 Å². The number of hydrogen-bond donors (Lipinski definition) is 1. The van der Waals surface area contributed by atoms with Crippen LogP contribution in [0.2, 0.25) is 0 Å². The second-order valence-electron chi connectivity index (χ2n) is 6.93. The van der Waals surface area contributed by atoms with Crippen LogP contribution >= 0.6 is 0 Å². The van der Waals surface area contributed by atoms with Gasteiger partial charge in [0.05, 0.1) is 6.54 Å². The number of nitrogens with one attached hydrogen (secondary N) is 1. The highest BCUT2D eigenvalue weighted by molar-refractivity contribution is 5.79. The van der Waals surface area contributed by atoms with Gasteiger partial charge < -0.3 is 10.2 Å². The van der Waals surface area contributed by atoms with E-state index < -0.39 is 0 Å². The molecule has 0 fully saturated rings. The fourth-order valence-electron chi connectivity index (χ4n) is 2.82. The molecule has 1 atom stereocenters. The molecule has 7 nitrogen and oxygen atoms in total. The van der Waals surface area contributed by atoms with E-state index in [0.717, 1.165) is 37.8 Å². The first kappa shape index (κ1) is 20.9. The Balaban J connectivity index is 1.87. The second-order valence-corrected chi connectivity index (χ2v) is 6.93. The minimum Gasteiger partial charge on any atom is -0.357 e. The zero-order chi connectivity index (χ0) is 19.6. The van der Waals surface area contributed by atoms with Crippen LogP contribution in [0.3, 0.4) is 0 Å². The van der Waals surface area contributed by atoms with E-state index in [4.69, 9.17) is 4.99 Å². The van der Waals surface area contributed by atoms with Gasteiger partial charge >= 0.3 is 0 Å². The van der Waals surface area contributed by atoms with Gasteiger partial charge in [-0.2, -0.15) is 5.10 Å². The number of aryl methyl sites for hydroxylation is 1. The Morgan fingerprint density at radius 3 is 2.59 bits per heavy atom. The van der Waals surface area contributed by atoms with Gasteiger partial charge in [-0.05, 0) is 32.9 Å². The average Bonchev–Trinajstić information content (AvgIpc) is 3.06.